The second-order valence-electron chi connectivity index (χ2n) is 6.44. The van der Waals surface area contributed by atoms with E-state index in [-0.39, 0.29) is 19.1 Å². The van der Waals surface area contributed by atoms with Gasteiger partial charge in [-0.15, -0.1) is 0 Å². The number of aromatic nitrogens is 1. The molecule has 2 aromatic rings. The summed E-state index contributed by atoms with van der Waals surface area (Å²) >= 11 is 0. The van der Waals surface area contributed by atoms with E-state index in [9.17, 15) is 9.59 Å². The highest BCUT2D eigenvalue weighted by Crippen LogP contribution is 2.25. The molecule has 28 heavy (non-hydrogen) atoms. The van der Waals surface area contributed by atoms with Crippen molar-refractivity contribution >= 4 is 22.8 Å². The fourth-order valence-corrected chi connectivity index (χ4v) is 3.12. The highest BCUT2D eigenvalue weighted by atomic mass is 16.6. The van der Waals surface area contributed by atoms with Gasteiger partial charge in [0.25, 0.3) is 5.91 Å². The highest BCUT2D eigenvalue weighted by Gasteiger charge is 2.41. The van der Waals surface area contributed by atoms with E-state index in [2.05, 4.69) is 22.1 Å². The molecule has 1 aliphatic heterocycles. The van der Waals surface area contributed by atoms with Gasteiger partial charge >= 0.3 is 5.97 Å². The number of ether oxygens (including phenoxy) is 2. The number of nitrogens with one attached hydrogen (secondary N) is 1. The summed E-state index contributed by atoms with van der Waals surface area (Å²) in [7, 11) is 1.43. The second kappa shape index (κ2) is 8.24. The zero-order chi connectivity index (χ0) is 20.1. The van der Waals surface area contributed by atoms with Crippen molar-refractivity contribution in [2.24, 2.45) is 0 Å². The molecule has 2 heterocycles. The molecule has 0 bridgehead atoms. The number of carbonyl (C=O) groups is 2. The summed E-state index contributed by atoms with van der Waals surface area (Å²) in [6, 6.07) is 9.73. The van der Waals surface area contributed by atoms with Gasteiger partial charge in [0, 0.05) is 24.6 Å². The number of rotatable bonds is 5. The second-order valence-corrected chi connectivity index (χ2v) is 6.44. The number of nitrogens with zero attached hydrogens (tertiary/aromatic N) is 1. The largest absolute Gasteiger partial charge is 0.458 e. The lowest BCUT2D eigenvalue weighted by Gasteiger charge is -2.30. The van der Waals surface area contributed by atoms with Crippen LogP contribution in [0.3, 0.4) is 0 Å². The molecule has 1 amide bonds. The molecule has 1 atom stereocenters. The van der Waals surface area contributed by atoms with Crippen molar-refractivity contribution < 1.29 is 19.1 Å². The lowest BCUT2D eigenvalue weighted by Crippen LogP contribution is -2.45. The maximum atomic E-state index is 12.6. The fraction of sp³-hybridized carbons (Fsp3) is 0.318. The Bertz CT molecular complexity index is 1010. The van der Waals surface area contributed by atoms with Crippen LogP contribution in [0.2, 0.25) is 0 Å². The first-order valence-electron chi connectivity index (χ1n) is 9.06. The molecule has 0 fully saturated rings. The van der Waals surface area contributed by atoms with Gasteiger partial charge in [-0.1, -0.05) is 31.0 Å². The van der Waals surface area contributed by atoms with Gasteiger partial charge in [-0.25, -0.2) is 9.78 Å². The molecule has 6 nitrogen and oxygen atoms in total. The Morgan fingerprint density at radius 1 is 1.39 bits per heavy atom. The lowest BCUT2D eigenvalue weighted by molar-refractivity contribution is -0.165. The molecule has 0 radical (unpaired) electrons. The van der Waals surface area contributed by atoms with E-state index in [0.717, 1.165) is 16.5 Å². The van der Waals surface area contributed by atoms with Crippen molar-refractivity contribution in [3.63, 3.8) is 0 Å². The molecule has 1 aromatic heterocycles. The Morgan fingerprint density at radius 3 is 2.89 bits per heavy atom. The van der Waals surface area contributed by atoms with Crippen molar-refractivity contribution in [1.29, 1.82) is 0 Å². The first kappa shape index (κ1) is 19.6. The van der Waals surface area contributed by atoms with Gasteiger partial charge in [0.15, 0.2) is 5.60 Å². The Hall–Kier alpha value is -3.17. The van der Waals surface area contributed by atoms with Crippen molar-refractivity contribution in [3.05, 3.63) is 53.2 Å². The summed E-state index contributed by atoms with van der Waals surface area (Å²) in [5.41, 5.74) is 1.45. The smallest absolute Gasteiger partial charge is 0.342 e. The summed E-state index contributed by atoms with van der Waals surface area (Å²) in [4.78, 5) is 29.3. The van der Waals surface area contributed by atoms with Crippen LogP contribution >= 0.6 is 0 Å². The van der Waals surface area contributed by atoms with E-state index in [4.69, 9.17) is 9.47 Å². The monoisotopic (exact) mass is 378 g/mol. The Kier molecular flexibility index (Phi) is 5.76. The number of amides is 1. The van der Waals surface area contributed by atoms with Gasteiger partial charge in [0.05, 0.1) is 11.1 Å². The minimum Gasteiger partial charge on any atom is -0.458 e. The van der Waals surface area contributed by atoms with Gasteiger partial charge in [0.1, 0.15) is 12.3 Å². The first-order valence-corrected chi connectivity index (χ1v) is 9.06. The van der Waals surface area contributed by atoms with Gasteiger partial charge in [-0.3, -0.25) is 4.79 Å². The molecule has 0 saturated carbocycles. The lowest BCUT2D eigenvalue weighted by atomic mass is 9.95. The third-order valence-electron chi connectivity index (χ3n) is 4.78. The molecule has 1 N–H and O–H groups in total. The minimum atomic E-state index is -1.21. The minimum absolute atomic E-state index is 0.0760. The van der Waals surface area contributed by atoms with Crippen LogP contribution in [0.5, 0.6) is 0 Å². The summed E-state index contributed by atoms with van der Waals surface area (Å²) in [5, 5.41) is 3.85. The van der Waals surface area contributed by atoms with E-state index in [1.54, 1.807) is 19.9 Å². The van der Waals surface area contributed by atoms with Crippen LogP contribution in [-0.2, 0) is 25.6 Å². The maximum absolute atomic E-state index is 12.6. The number of methoxy groups -OCH3 is 1. The summed E-state index contributed by atoms with van der Waals surface area (Å²) < 4.78 is 10.5. The summed E-state index contributed by atoms with van der Waals surface area (Å²) in [6.07, 6.45) is 1.93. The summed E-state index contributed by atoms with van der Waals surface area (Å²) in [5.74, 6) is 5.06. The van der Waals surface area contributed by atoms with Gasteiger partial charge in [-0.2, -0.15) is 0 Å². The number of hydrogen-bond acceptors (Lipinski definition) is 5. The molecule has 1 unspecified atom stereocenters. The van der Waals surface area contributed by atoms with Crippen LogP contribution in [0.4, 0.5) is 0 Å². The van der Waals surface area contributed by atoms with Gasteiger partial charge in [0.2, 0.25) is 0 Å². The van der Waals surface area contributed by atoms with E-state index in [1.165, 1.54) is 7.11 Å². The molecule has 3 rings (SSSR count). The number of cyclic esters (lactones) is 1. The number of hydrogen-bond donors (Lipinski definition) is 1. The standard InChI is InChI=1S/C22H22N2O4/c1-4-8-18-16(11-15-9-6-7-10-19(15)24-18)13-23-20(25)17-12-22(5-2,27-3)21(26)28-14-17/h6-7,9-12H,5,13-14H2,1-3H3,(H,23,25). The van der Waals surface area contributed by atoms with Crippen LogP contribution in [0.1, 0.15) is 31.5 Å². The molecule has 0 spiro atoms. The fourth-order valence-electron chi connectivity index (χ4n) is 3.12. The van der Waals surface area contributed by atoms with E-state index < -0.39 is 11.6 Å². The third-order valence-corrected chi connectivity index (χ3v) is 4.78. The molecule has 6 heteroatoms. The topological polar surface area (TPSA) is 77.5 Å². The zero-order valence-electron chi connectivity index (χ0n) is 16.2. The predicted octanol–water partition coefficient (Wildman–Crippen LogP) is 2.50. The SMILES string of the molecule is CC#Cc1nc2ccccc2cc1CNC(=O)C1=CC(CC)(OC)C(=O)OC1. The average Bonchev–Trinajstić information content (AvgIpc) is 2.72. The van der Waals surface area contributed by atoms with Crippen LogP contribution in [0.15, 0.2) is 42.0 Å². The van der Waals surface area contributed by atoms with Gasteiger partial charge in [-0.05, 0) is 37.5 Å². The molecule has 0 aliphatic carbocycles. The molecular weight excluding hydrogens is 356 g/mol. The quantitative estimate of drug-likeness (QED) is 0.639. The Balaban J connectivity index is 1.83. The number of para-hydroxylation sites is 1. The van der Waals surface area contributed by atoms with Crippen LogP contribution in [-0.4, -0.2) is 36.2 Å². The van der Waals surface area contributed by atoms with E-state index in [0.29, 0.717) is 17.7 Å². The highest BCUT2D eigenvalue weighted by molar-refractivity contribution is 5.97. The van der Waals surface area contributed by atoms with E-state index >= 15 is 0 Å². The van der Waals surface area contributed by atoms with Crippen molar-refractivity contribution in [2.45, 2.75) is 32.4 Å². The predicted molar refractivity (Wildman–Crippen MR) is 105 cm³/mol. The normalized spacial score (nSPS) is 18.7. The van der Waals surface area contributed by atoms with Crippen molar-refractivity contribution in [2.75, 3.05) is 13.7 Å². The number of esters is 1. The molecule has 1 aromatic carbocycles. The Labute approximate surface area is 163 Å². The number of carbonyl (C=O) groups excluding carboxylic acids is 2. The first-order chi connectivity index (χ1) is 13.5. The number of fused-ring (bicyclic) bond motifs is 1. The molecule has 144 valence electrons. The third kappa shape index (κ3) is 3.75. The molecule has 0 saturated heterocycles. The Morgan fingerprint density at radius 2 is 2.18 bits per heavy atom. The number of pyridine rings is 1. The van der Waals surface area contributed by atoms with E-state index in [1.807, 2.05) is 30.3 Å². The zero-order valence-corrected chi connectivity index (χ0v) is 16.2. The molecular formula is C22H22N2O4. The average molecular weight is 378 g/mol. The summed E-state index contributed by atoms with van der Waals surface area (Å²) in [6.45, 7) is 3.74. The number of benzene rings is 1. The van der Waals surface area contributed by atoms with Crippen molar-refractivity contribution in [1.82, 2.24) is 10.3 Å². The van der Waals surface area contributed by atoms with Crippen LogP contribution in [0.25, 0.3) is 10.9 Å². The van der Waals surface area contributed by atoms with Crippen LogP contribution < -0.4 is 5.32 Å². The van der Waals surface area contributed by atoms with Crippen molar-refractivity contribution in [3.8, 4) is 11.8 Å². The van der Waals surface area contributed by atoms with Crippen LogP contribution in [0, 0.1) is 11.8 Å². The van der Waals surface area contributed by atoms with Gasteiger partial charge < -0.3 is 14.8 Å². The molecule has 1 aliphatic rings. The maximum Gasteiger partial charge on any atom is 0.342 e.